The molecule has 0 aromatic heterocycles. The molecule has 12 heteroatoms. The van der Waals surface area contributed by atoms with Crippen molar-refractivity contribution >= 4 is 29.8 Å². The summed E-state index contributed by atoms with van der Waals surface area (Å²) in [4.78, 5) is 59.4. The van der Waals surface area contributed by atoms with Crippen LogP contribution in [0.15, 0.2) is 48.5 Å². The van der Waals surface area contributed by atoms with Crippen LogP contribution >= 0.6 is 0 Å². The first-order valence-corrected chi connectivity index (χ1v) is 12.7. The van der Waals surface area contributed by atoms with E-state index in [1.165, 1.54) is 14.0 Å². The van der Waals surface area contributed by atoms with Gasteiger partial charge in [-0.05, 0) is 29.3 Å². The lowest BCUT2D eigenvalue weighted by molar-refractivity contribution is -0.288. The van der Waals surface area contributed by atoms with E-state index in [2.05, 4.69) is 0 Å². The van der Waals surface area contributed by atoms with E-state index >= 15 is 0 Å². The second-order valence-electron chi connectivity index (χ2n) is 9.16. The molecule has 1 fully saturated rings. The first-order chi connectivity index (χ1) is 19.5. The summed E-state index contributed by atoms with van der Waals surface area (Å²) in [5.74, 6) is -2.93. The molecule has 0 aliphatic carbocycles. The Bertz CT molecular complexity index is 1250. The third-order valence-electron chi connectivity index (χ3n) is 5.93. The summed E-state index contributed by atoms with van der Waals surface area (Å²) >= 11 is 0. The van der Waals surface area contributed by atoms with Crippen LogP contribution in [0.2, 0.25) is 0 Å². The number of benzene rings is 2. The minimum atomic E-state index is -1.36. The van der Waals surface area contributed by atoms with Crippen molar-refractivity contribution in [3.63, 3.8) is 0 Å². The average molecular weight is 573 g/mol. The first kappa shape index (κ1) is 31.1. The van der Waals surface area contributed by atoms with Crippen molar-refractivity contribution in [1.82, 2.24) is 0 Å². The van der Waals surface area contributed by atoms with E-state index in [0.717, 1.165) is 26.3 Å². The molecule has 0 bridgehead atoms. The number of hydrogen-bond donors (Lipinski definition) is 0. The number of rotatable bonds is 10. The normalized spacial score (nSPS) is 21.6. The summed E-state index contributed by atoms with van der Waals surface area (Å²) in [5, 5.41) is 0. The van der Waals surface area contributed by atoms with Crippen LogP contribution in [0.5, 0.6) is 5.75 Å². The maximum Gasteiger partial charge on any atom is 0.337 e. The SMILES string of the molecule is COC(=O)c1ccc(Cc2ccccc2OC2O[C@H](COC(C)=O)[C@@H](OC(C)=O)[C@H](OC(C)=O)[C@H]2OC(C)=O)cc1. The molecule has 0 amide bonds. The minimum absolute atomic E-state index is 0.352. The molecule has 3 rings (SSSR count). The van der Waals surface area contributed by atoms with Gasteiger partial charge in [0.05, 0.1) is 12.7 Å². The monoisotopic (exact) mass is 572 g/mol. The van der Waals surface area contributed by atoms with E-state index < -0.39 is 60.6 Å². The molecule has 1 unspecified atom stereocenters. The van der Waals surface area contributed by atoms with Crippen molar-refractivity contribution in [2.24, 2.45) is 0 Å². The molecule has 1 aliphatic rings. The van der Waals surface area contributed by atoms with Crippen molar-refractivity contribution < 1.29 is 57.1 Å². The number of methoxy groups -OCH3 is 1. The van der Waals surface area contributed by atoms with Crippen molar-refractivity contribution in [3.05, 3.63) is 65.2 Å². The summed E-state index contributed by atoms with van der Waals surface area (Å²) in [5.41, 5.74) is 1.97. The molecule has 5 atom stereocenters. The predicted molar refractivity (Wildman–Crippen MR) is 140 cm³/mol. The molecular formula is C29H32O12. The van der Waals surface area contributed by atoms with Crippen molar-refractivity contribution in [1.29, 1.82) is 0 Å². The van der Waals surface area contributed by atoms with Crippen LogP contribution in [0, 0.1) is 0 Å². The molecule has 220 valence electrons. The second-order valence-corrected chi connectivity index (χ2v) is 9.16. The van der Waals surface area contributed by atoms with Gasteiger partial charge >= 0.3 is 29.8 Å². The van der Waals surface area contributed by atoms with Crippen LogP contribution in [0.4, 0.5) is 0 Å². The molecule has 0 saturated carbocycles. The van der Waals surface area contributed by atoms with Crippen molar-refractivity contribution in [2.75, 3.05) is 13.7 Å². The zero-order valence-corrected chi connectivity index (χ0v) is 23.3. The van der Waals surface area contributed by atoms with Crippen LogP contribution < -0.4 is 4.74 Å². The van der Waals surface area contributed by atoms with Gasteiger partial charge in [0.2, 0.25) is 12.4 Å². The number of esters is 5. The van der Waals surface area contributed by atoms with Crippen LogP contribution in [-0.2, 0) is 54.0 Å². The number of hydrogen-bond acceptors (Lipinski definition) is 12. The molecule has 0 spiro atoms. The Kier molecular flexibility index (Phi) is 10.8. The van der Waals surface area contributed by atoms with E-state index in [0.29, 0.717) is 23.3 Å². The molecule has 2 aromatic carbocycles. The molecule has 2 aromatic rings. The minimum Gasteiger partial charge on any atom is -0.465 e. The third-order valence-corrected chi connectivity index (χ3v) is 5.93. The topological polar surface area (TPSA) is 150 Å². The maximum absolute atomic E-state index is 12.1. The van der Waals surface area contributed by atoms with Gasteiger partial charge in [-0.2, -0.15) is 0 Å². The Labute approximate surface area is 236 Å². The molecule has 1 aliphatic heterocycles. The largest absolute Gasteiger partial charge is 0.465 e. The van der Waals surface area contributed by atoms with Crippen LogP contribution in [0.3, 0.4) is 0 Å². The van der Waals surface area contributed by atoms with Gasteiger partial charge in [-0.1, -0.05) is 30.3 Å². The molecule has 1 heterocycles. The highest BCUT2D eigenvalue weighted by Crippen LogP contribution is 2.32. The molecule has 0 radical (unpaired) electrons. The summed E-state index contributed by atoms with van der Waals surface area (Å²) in [6.45, 7) is 4.26. The van der Waals surface area contributed by atoms with Gasteiger partial charge in [-0.3, -0.25) is 19.2 Å². The Morgan fingerprint density at radius 2 is 1.32 bits per heavy atom. The molecule has 1 saturated heterocycles. The highest BCUT2D eigenvalue weighted by Gasteiger charge is 2.53. The summed E-state index contributed by atoms with van der Waals surface area (Å²) in [6.07, 6.45) is -6.11. The van der Waals surface area contributed by atoms with E-state index in [9.17, 15) is 24.0 Å². The molecular weight excluding hydrogens is 540 g/mol. The number of carbonyl (C=O) groups is 5. The smallest absolute Gasteiger partial charge is 0.337 e. The third kappa shape index (κ3) is 8.77. The fourth-order valence-corrected chi connectivity index (χ4v) is 4.27. The Morgan fingerprint density at radius 1 is 0.732 bits per heavy atom. The van der Waals surface area contributed by atoms with Gasteiger partial charge < -0.3 is 33.2 Å². The molecule has 12 nitrogen and oxygen atoms in total. The summed E-state index contributed by atoms with van der Waals surface area (Å²) < 4.78 is 38.4. The van der Waals surface area contributed by atoms with Gasteiger partial charge in [-0.25, -0.2) is 4.79 Å². The van der Waals surface area contributed by atoms with Gasteiger partial charge in [-0.15, -0.1) is 0 Å². The lowest BCUT2D eigenvalue weighted by atomic mass is 9.98. The average Bonchev–Trinajstić information content (AvgIpc) is 2.91. The highest BCUT2D eigenvalue weighted by atomic mass is 16.7. The number of para-hydroxylation sites is 1. The van der Waals surface area contributed by atoms with Crippen molar-refractivity contribution in [3.8, 4) is 5.75 Å². The van der Waals surface area contributed by atoms with E-state index in [4.69, 9.17) is 33.2 Å². The van der Waals surface area contributed by atoms with Crippen LogP contribution in [0.25, 0.3) is 0 Å². The zero-order chi connectivity index (χ0) is 30.1. The Hall–Kier alpha value is -4.45. The highest BCUT2D eigenvalue weighted by molar-refractivity contribution is 5.89. The zero-order valence-electron chi connectivity index (χ0n) is 23.3. The van der Waals surface area contributed by atoms with E-state index in [-0.39, 0.29) is 6.61 Å². The number of carbonyl (C=O) groups excluding carboxylic acids is 5. The quantitative estimate of drug-likeness (QED) is 0.304. The van der Waals surface area contributed by atoms with Gasteiger partial charge in [0.15, 0.2) is 12.2 Å². The van der Waals surface area contributed by atoms with Crippen LogP contribution in [-0.4, -0.2) is 74.3 Å². The van der Waals surface area contributed by atoms with E-state index in [1.54, 1.807) is 42.5 Å². The Balaban J connectivity index is 1.96. The van der Waals surface area contributed by atoms with Crippen molar-refractivity contribution in [2.45, 2.75) is 64.8 Å². The van der Waals surface area contributed by atoms with Gasteiger partial charge in [0.1, 0.15) is 18.5 Å². The lowest BCUT2D eigenvalue weighted by Crippen LogP contribution is -2.63. The summed E-state index contributed by atoms with van der Waals surface area (Å²) in [7, 11) is 1.30. The van der Waals surface area contributed by atoms with Gasteiger partial charge in [0, 0.05) is 34.1 Å². The maximum atomic E-state index is 12.1. The standard InChI is InChI=1S/C29H32O12/c1-16(30)36-15-24-25(37-17(2)31)26(38-18(3)32)27(39-19(4)33)29(41-24)40-23-9-7-6-8-22(23)14-20-10-12-21(13-11-20)28(34)35-5/h6-13,24-27,29H,14-15H2,1-5H3/t24-,25-,26+,27-,29?/m1/s1. The summed E-state index contributed by atoms with van der Waals surface area (Å²) in [6, 6.07) is 13.9. The first-order valence-electron chi connectivity index (χ1n) is 12.7. The Morgan fingerprint density at radius 3 is 1.90 bits per heavy atom. The number of ether oxygens (including phenoxy) is 7. The fourth-order valence-electron chi connectivity index (χ4n) is 4.27. The van der Waals surface area contributed by atoms with E-state index in [1.807, 2.05) is 6.07 Å². The second kappa shape index (κ2) is 14.3. The predicted octanol–water partition coefficient (Wildman–Crippen LogP) is 2.53. The molecule has 41 heavy (non-hydrogen) atoms. The van der Waals surface area contributed by atoms with Crippen LogP contribution in [0.1, 0.15) is 49.2 Å². The lowest BCUT2D eigenvalue weighted by Gasteiger charge is -2.44. The fraction of sp³-hybridized carbons (Fsp3) is 0.414. The van der Waals surface area contributed by atoms with Gasteiger partial charge in [0.25, 0.3) is 0 Å². The molecule has 0 N–H and O–H groups in total.